The zero-order chi connectivity index (χ0) is 13.2. The van der Waals surface area contributed by atoms with Gasteiger partial charge in [0.2, 0.25) is 0 Å². The summed E-state index contributed by atoms with van der Waals surface area (Å²) in [6.07, 6.45) is -5.60. The van der Waals surface area contributed by atoms with Crippen LogP contribution in [0.25, 0.3) is 0 Å². The summed E-state index contributed by atoms with van der Waals surface area (Å²) in [7, 11) is 1.31. The van der Waals surface area contributed by atoms with Crippen molar-refractivity contribution >= 4 is 28.3 Å². The minimum atomic E-state index is -4.39. The van der Waals surface area contributed by atoms with Gasteiger partial charge in [-0.2, -0.15) is 13.2 Å². The predicted octanol–water partition coefficient (Wildman–Crippen LogP) is 3.54. The number of hydrogen-bond acceptors (Lipinski definition) is 3. The Morgan fingerprint density at radius 1 is 1.44 bits per heavy atom. The summed E-state index contributed by atoms with van der Waals surface area (Å²) in [5.74, 6) is -0.292. The molecule has 1 atom stereocenters. The Bertz CT molecular complexity index is 415. The Hall–Kier alpha value is -0.660. The minimum Gasteiger partial charge on any atom is -0.504 e. The zero-order valence-electron chi connectivity index (χ0n) is 9.29. The van der Waals surface area contributed by atoms with Gasteiger partial charge >= 0.3 is 6.18 Å². The fourth-order valence-corrected chi connectivity index (χ4v) is 1.85. The predicted molar refractivity (Wildman–Crippen MR) is 67.2 cm³/mol. The van der Waals surface area contributed by atoms with Gasteiger partial charge in [0.15, 0.2) is 11.5 Å². The summed E-state index contributed by atoms with van der Waals surface area (Å²) in [5, 5.41) is 9.69. The fraction of sp³-hybridized carbons (Fsp3) is 0.400. The van der Waals surface area contributed by atoms with Crippen LogP contribution in [-0.2, 0) is 0 Å². The van der Waals surface area contributed by atoms with Gasteiger partial charge in [0, 0.05) is 16.1 Å². The average molecular weight is 351 g/mol. The number of alkyl halides is 3. The largest absolute Gasteiger partial charge is 0.504 e. The van der Waals surface area contributed by atoms with Crippen LogP contribution in [0.1, 0.15) is 18.0 Å². The number of methoxy groups -OCH3 is 1. The van der Waals surface area contributed by atoms with Gasteiger partial charge in [-0.1, -0.05) is 15.9 Å². The molecule has 1 aromatic carbocycles. The van der Waals surface area contributed by atoms with E-state index >= 15 is 0 Å². The number of halogens is 5. The molecular formula is C10H12BrClF3NO2. The summed E-state index contributed by atoms with van der Waals surface area (Å²) >= 11 is 3.11. The quantitative estimate of drug-likeness (QED) is 0.877. The molecule has 0 aliphatic rings. The Labute approximate surface area is 117 Å². The summed E-state index contributed by atoms with van der Waals surface area (Å²) in [4.78, 5) is 0. The molecule has 8 heteroatoms. The molecule has 104 valence electrons. The lowest BCUT2D eigenvalue weighted by molar-refractivity contribution is -0.138. The summed E-state index contributed by atoms with van der Waals surface area (Å²) in [6, 6.07) is 1.45. The molecule has 0 saturated heterocycles. The number of aromatic hydroxyl groups is 1. The first-order valence-corrected chi connectivity index (χ1v) is 5.42. The fourth-order valence-electron chi connectivity index (χ4n) is 1.39. The molecule has 0 unspecified atom stereocenters. The van der Waals surface area contributed by atoms with E-state index in [-0.39, 0.29) is 29.5 Å². The van der Waals surface area contributed by atoms with Crippen molar-refractivity contribution in [2.45, 2.75) is 18.6 Å². The van der Waals surface area contributed by atoms with Crippen molar-refractivity contribution in [3.8, 4) is 11.5 Å². The van der Waals surface area contributed by atoms with Crippen LogP contribution in [0.5, 0.6) is 11.5 Å². The molecule has 1 aromatic rings. The van der Waals surface area contributed by atoms with Crippen molar-refractivity contribution in [1.29, 1.82) is 0 Å². The van der Waals surface area contributed by atoms with Gasteiger partial charge in [-0.3, -0.25) is 0 Å². The van der Waals surface area contributed by atoms with Crippen molar-refractivity contribution in [2.75, 3.05) is 7.11 Å². The van der Waals surface area contributed by atoms with E-state index in [9.17, 15) is 18.3 Å². The maximum atomic E-state index is 12.2. The van der Waals surface area contributed by atoms with Gasteiger partial charge in [0.1, 0.15) is 0 Å². The molecular weight excluding hydrogens is 338 g/mol. The van der Waals surface area contributed by atoms with E-state index in [0.717, 1.165) is 0 Å². The Kier molecular flexibility index (Phi) is 6.25. The number of hydrogen-bond donors (Lipinski definition) is 2. The third-order valence-corrected chi connectivity index (χ3v) is 2.60. The van der Waals surface area contributed by atoms with Gasteiger partial charge in [0.25, 0.3) is 0 Å². The Balaban J connectivity index is 0.00000289. The van der Waals surface area contributed by atoms with Crippen molar-refractivity contribution in [1.82, 2.24) is 0 Å². The van der Waals surface area contributed by atoms with E-state index in [1.54, 1.807) is 0 Å². The number of phenolic OH excluding ortho intramolecular Hbond substituents is 1. The van der Waals surface area contributed by atoms with Gasteiger partial charge < -0.3 is 15.6 Å². The van der Waals surface area contributed by atoms with Gasteiger partial charge in [-0.05, 0) is 12.1 Å². The molecule has 0 aliphatic heterocycles. The first kappa shape index (κ1) is 17.3. The van der Waals surface area contributed by atoms with Crippen LogP contribution < -0.4 is 10.5 Å². The van der Waals surface area contributed by atoms with Crippen molar-refractivity contribution in [2.24, 2.45) is 5.73 Å². The molecule has 0 aromatic heterocycles. The second-order valence-electron chi connectivity index (χ2n) is 3.47. The summed E-state index contributed by atoms with van der Waals surface area (Å²) < 4.78 is 41.9. The van der Waals surface area contributed by atoms with Crippen molar-refractivity contribution < 1.29 is 23.0 Å². The van der Waals surface area contributed by atoms with Crippen LogP contribution in [0.2, 0.25) is 0 Å². The molecule has 0 radical (unpaired) electrons. The Morgan fingerprint density at radius 3 is 2.44 bits per heavy atom. The SMILES string of the molecule is COc1cc(Br)cc([C@@H](N)CC(F)(F)F)c1O.Cl. The highest BCUT2D eigenvalue weighted by molar-refractivity contribution is 9.10. The van der Waals surface area contributed by atoms with Crippen LogP contribution in [0.15, 0.2) is 16.6 Å². The monoisotopic (exact) mass is 349 g/mol. The standard InChI is InChI=1S/C10H11BrF3NO2.ClH/c1-17-8-3-5(11)2-6(9(8)16)7(15)4-10(12,13)14;/h2-3,7,16H,4,15H2,1H3;1H/t7-;/m0./s1. The van der Waals surface area contributed by atoms with Crippen molar-refractivity contribution in [3.63, 3.8) is 0 Å². The summed E-state index contributed by atoms with van der Waals surface area (Å²) in [6.45, 7) is 0. The number of ether oxygens (including phenoxy) is 1. The lowest BCUT2D eigenvalue weighted by Gasteiger charge is -2.17. The van der Waals surface area contributed by atoms with Crippen LogP contribution in [0, 0.1) is 0 Å². The molecule has 0 heterocycles. The molecule has 0 spiro atoms. The highest BCUT2D eigenvalue weighted by atomic mass is 79.9. The van der Waals surface area contributed by atoms with E-state index < -0.39 is 18.6 Å². The number of rotatable bonds is 3. The highest BCUT2D eigenvalue weighted by Crippen LogP contribution is 2.39. The number of benzene rings is 1. The molecule has 3 nitrogen and oxygen atoms in total. The number of nitrogens with two attached hydrogens (primary N) is 1. The van der Waals surface area contributed by atoms with Crippen molar-refractivity contribution in [3.05, 3.63) is 22.2 Å². The number of phenols is 1. The molecule has 3 N–H and O–H groups in total. The minimum absolute atomic E-state index is 0. The normalized spacial score (nSPS) is 12.8. The van der Waals surface area contributed by atoms with E-state index in [0.29, 0.717) is 4.47 Å². The highest BCUT2D eigenvalue weighted by Gasteiger charge is 2.32. The lowest BCUT2D eigenvalue weighted by Crippen LogP contribution is -2.20. The first-order valence-electron chi connectivity index (χ1n) is 4.63. The van der Waals surface area contributed by atoms with Gasteiger partial charge in [-0.15, -0.1) is 12.4 Å². The maximum Gasteiger partial charge on any atom is 0.390 e. The first-order chi connectivity index (χ1) is 7.74. The third-order valence-electron chi connectivity index (χ3n) is 2.14. The van der Waals surface area contributed by atoms with E-state index in [1.165, 1.54) is 19.2 Å². The van der Waals surface area contributed by atoms with E-state index in [1.807, 2.05) is 0 Å². The topological polar surface area (TPSA) is 55.5 Å². The second kappa shape index (κ2) is 6.49. The van der Waals surface area contributed by atoms with Crippen LogP contribution in [-0.4, -0.2) is 18.4 Å². The van der Waals surface area contributed by atoms with Gasteiger partial charge in [-0.25, -0.2) is 0 Å². The third kappa shape index (κ3) is 4.55. The van der Waals surface area contributed by atoms with E-state index in [4.69, 9.17) is 10.5 Å². The Morgan fingerprint density at radius 2 is 2.00 bits per heavy atom. The zero-order valence-corrected chi connectivity index (χ0v) is 11.7. The smallest absolute Gasteiger partial charge is 0.390 e. The molecule has 18 heavy (non-hydrogen) atoms. The van der Waals surface area contributed by atoms with Crippen LogP contribution in [0.4, 0.5) is 13.2 Å². The lowest BCUT2D eigenvalue weighted by atomic mass is 10.0. The molecule has 0 amide bonds. The molecule has 0 bridgehead atoms. The molecule has 1 rings (SSSR count). The average Bonchev–Trinajstić information content (AvgIpc) is 2.18. The van der Waals surface area contributed by atoms with Gasteiger partial charge in [0.05, 0.1) is 13.5 Å². The molecule has 0 saturated carbocycles. The van der Waals surface area contributed by atoms with E-state index in [2.05, 4.69) is 15.9 Å². The summed E-state index contributed by atoms with van der Waals surface area (Å²) in [5.41, 5.74) is 5.41. The molecule has 0 aliphatic carbocycles. The molecule has 0 fully saturated rings. The second-order valence-corrected chi connectivity index (χ2v) is 4.39. The maximum absolute atomic E-state index is 12.2. The van der Waals surface area contributed by atoms with Crippen LogP contribution in [0.3, 0.4) is 0 Å². The van der Waals surface area contributed by atoms with Crippen LogP contribution >= 0.6 is 28.3 Å².